The molecule has 0 aliphatic carbocycles. The van der Waals surface area contributed by atoms with E-state index in [1.54, 1.807) is 11.9 Å². The van der Waals surface area contributed by atoms with E-state index < -0.39 is 6.04 Å². The van der Waals surface area contributed by atoms with Crippen molar-refractivity contribution in [1.82, 2.24) is 10.2 Å². The Bertz CT molecular complexity index is 981. The number of halogens is 1. The van der Waals surface area contributed by atoms with E-state index in [2.05, 4.69) is 21.2 Å². The second-order valence-corrected chi connectivity index (χ2v) is 9.03. The molecule has 0 aliphatic heterocycles. The fraction of sp³-hybridized carbons (Fsp3) is 0.200. The van der Waals surface area contributed by atoms with Gasteiger partial charge < -0.3 is 10.2 Å². The summed E-state index contributed by atoms with van der Waals surface area (Å²) in [6, 6.07) is 26.9. The Morgan fingerprint density at radius 2 is 1.52 bits per heavy atom. The maximum absolute atomic E-state index is 13.4. The zero-order valence-corrected chi connectivity index (χ0v) is 19.7. The van der Waals surface area contributed by atoms with Crippen LogP contribution in [0.1, 0.15) is 11.1 Å². The summed E-state index contributed by atoms with van der Waals surface area (Å²) in [4.78, 5) is 28.9. The molecule has 3 aromatic rings. The van der Waals surface area contributed by atoms with E-state index in [0.717, 1.165) is 20.5 Å². The summed E-state index contributed by atoms with van der Waals surface area (Å²) in [7, 11) is 1.61. The zero-order valence-electron chi connectivity index (χ0n) is 17.3. The van der Waals surface area contributed by atoms with Gasteiger partial charge in [-0.2, -0.15) is 0 Å². The van der Waals surface area contributed by atoms with Gasteiger partial charge in [0.15, 0.2) is 0 Å². The summed E-state index contributed by atoms with van der Waals surface area (Å²) in [5, 5.41) is 2.74. The average Bonchev–Trinajstić information content (AvgIpc) is 2.81. The van der Waals surface area contributed by atoms with Gasteiger partial charge in [0.2, 0.25) is 11.8 Å². The van der Waals surface area contributed by atoms with E-state index in [1.807, 2.05) is 84.9 Å². The summed E-state index contributed by atoms with van der Waals surface area (Å²) < 4.78 is 0.973. The highest BCUT2D eigenvalue weighted by Gasteiger charge is 2.29. The summed E-state index contributed by atoms with van der Waals surface area (Å²) in [6.45, 7) is 0.367. The predicted molar refractivity (Wildman–Crippen MR) is 130 cm³/mol. The molecule has 0 radical (unpaired) electrons. The molecular formula is C25H25BrN2O2S. The van der Waals surface area contributed by atoms with Crippen molar-refractivity contribution in [2.45, 2.75) is 23.9 Å². The molecule has 0 saturated carbocycles. The Morgan fingerprint density at radius 1 is 0.903 bits per heavy atom. The summed E-state index contributed by atoms with van der Waals surface area (Å²) in [5.41, 5.74) is 1.99. The van der Waals surface area contributed by atoms with E-state index in [9.17, 15) is 9.59 Å². The van der Waals surface area contributed by atoms with Crippen molar-refractivity contribution in [2.75, 3.05) is 12.8 Å². The fourth-order valence-corrected chi connectivity index (χ4v) is 4.32. The first kappa shape index (κ1) is 23.1. The van der Waals surface area contributed by atoms with Gasteiger partial charge in [-0.1, -0.05) is 76.6 Å². The first-order valence-corrected chi connectivity index (χ1v) is 11.8. The molecule has 2 amide bonds. The second-order valence-electron chi connectivity index (χ2n) is 7.07. The van der Waals surface area contributed by atoms with Gasteiger partial charge in [-0.3, -0.25) is 9.59 Å². The number of carbonyl (C=O) groups excluding carboxylic acids is 2. The van der Waals surface area contributed by atoms with Crippen molar-refractivity contribution in [3.63, 3.8) is 0 Å². The van der Waals surface area contributed by atoms with E-state index >= 15 is 0 Å². The van der Waals surface area contributed by atoms with E-state index in [1.165, 1.54) is 11.8 Å². The molecule has 31 heavy (non-hydrogen) atoms. The molecule has 0 heterocycles. The molecule has 160 valence electrons. The van der Waals surface area contributed by atoms with Crippen LogP contribution in [0.25, 0.3) is 0 Å². The number of nitrogens with zero attached hydrogens (tertiary/aromatic N) is 1. The van der Waals surface area contributed by atoms with Crippen molar-refractivity contribution in [3.8, 4) is 0 Å². The fourth-order valence-electron chi connectivity index (χ4n) is 3.25. The van der Waals surface area contributed by atoms with Gasteiger partial charge in [-0.05, 0) is 35.4 Å². The monoisotopic (exact) mass is 496 g/mol. The molecule has 3 aromatic carbocycles. The van der Waals surface area contributed by atoms with Crippen LogP contribution in [0.15, 0.2) is 94.3 Å². The van der Waals surface area contributed by atoms with Gasteiger partial charge >= 0.3 is 0 Å². The van der Waals surface area contributed by atoms with Crippen LogP contribution in [0, 0.1) is 0 Å². The number of thioether (sulfide) groups is 1. The van der Waals surface area contributed by atoms with Gasteiger partial charge in [0.05, 0.1) is 5.75 Å². The molecule has 0 bridgehead atoms. The lowest BCUT2D eigenvalue weighted by atomic mass is 10.0. The lowest BCUT2D eigenvalue weighted by Crippen LogP contribution is -2.50. The third-order valence-electron chi connectivity index (χ3n) is 4.89. The summed E-state index contributed by atoms with van der Waals surface area (Å²) in [5.74, 6) is 0.0309. The lowest BCUT2D eigenvalue weighted by molar-refractivity contribution is -0.139. The third-order valence-corrected chi connectivity index (χ3v) is 6.41. The largest absolute Gasteiger partial charge is 0.357 e. The Hall–Kier alpha value is -2.57. The number of hydrogen-bond acceptors (Lipinski definition) is 3. The average molecular weight is 497 g/mol. The first-order chi connectivity index (χ1) is 15.1. The van der Waals surface area contributed by atoms with Crippen molar-refractivity contribution < 1.29 is 9.59 Å². The number of amides is 2. The molecule has 3 rings (SSSR count). The minimum Gasteiger partial charge on any atom is -0.357 e. The Labute approximate surface area is 196 Å². The number of likely N-dealkylation sites (N-methyl/N-ethyl adjacent to an activating group) is 1. The molecule has 0 fully saturated rings. The van der Waals surface area contributed by atoms with Crippen LogP contribution >= 0.6 is 27.7 Å². The number of nitrogens with one attached hydrogen (secondary N) is 1. The van der Waals surface area contributed by atoms with Gasteiger partial charge in [0.25, 0.3) is 0 Å². The molecule has 0 spiro atoms. The van der Waals surface area contributed by atoms with Crippen LogP contribution in [0.5, 0.6) is 0 Å². The quantitative estimate of drug-likeness (QED) is 0.427. The Balaban J connectivity index is 1.86. The minimum absolute atomic E-state index is 0.0682. The van der Waals surface area contributed by atoms with Crippen LogP contribution in [0.3, 0.4) is 0 Å². The van der Waals surface area contributed by atoms with E-state index in [0.29, 0.717) is 13.0 Å². The highest BCUT2D eigenvalue weighted by molar-refractivity contribution is 9.10. The molecule has 4 nitrogen and oxygen atoms in total. The van der Waals surface area contributed by atoms with Crippen molar-refractivity contribution in [3.05, 3.63) is 101 Å². The second kappa shape index (κ2) is 11.7. The standard InChI is InChI=1S/C25H25BrN2O2S/c1-27-25(30)23(16-19-8-4-2-5-9-19)28(17-20-12-14-21(26)15-13-20)24(29)18-31-22-10-6-3-7-11-22/h2-15,23H,16-18H2,1H3,(H,27,30)/t23-/m0/s1. The molecule has 0 unspecified atom stereocenters. The molecule has 0 saturated heterocycles. The maximum atomic E-state index is 13.4. The van der Waals surface area contributed by atoms with Crippen molar-refractivity contribution in [1.29, 1.82) is 0 Å². The number of rotatable bonds is 9. The highest BCUT2D eigenvalue weighted by atomic mass is 79.9. The SMILES string of the molecule is CNC(=O)[C@H](Cc1ccccc1)N(Cc1ccc(Br)cc1)C(=O)CSc1ccccc1. The summed E-state index contributed by atoms with van der Waals surface area (Å²) in [6.07, 6.45) is 0.457. The Kier molecular flexibility index (Phi) is 8.74. The number of benzene rings is 3. The molecule has 1 N–H and O–H groups in total. The normalized spacial score (nSPS) is 11.5. The van der Waals surface area contributed by atoms with Crippen molar-refractivity contribution in [2.24, 2.45) is 0 Å². The summed E-state index contributed by atoms with van der Waals surface area (Å²) >= 11 is 4.93. The zero-order chi connectivity index (χ0) is 22.1. The van der Waals surface area contributed by atoms with Crippen LogP contribution < -0.4 is 5.32 Å². The third kappa shape index (κ3) is 6.97. The number of hydrogen-bond donors (Lipinski definition) is 1. The van der Waals surface area contributed by atoms with Gasteiger partial charge in [-0.15, -0.1) is 11.8 Å². The van der Waals surface area contributed by atoms with Crippen LogP contribution in [0.2, 0.25) is 0 Å². The molecule has 1 atom stereocenters. The van der Waals surface area contributed by atoms with Gasteiger partial charge in [0, 0.05) is 29.4 Å². The topological polar surface area (TPSA) is 49.4 Å². The minimum atomic E-state index is -0.597. The molecular weight excluding hydrogens is 472 g/mol. The first-order valence-electron chi connectivity index (χ1n) is 10.0. The van der Waals surface area contributed by atoms with Crippen molar-refractivity contribution >= 4 is 39.5 Å². The van der Waals surface area contributed by atoms with Gasteiger partial charge in [-0.25, -0.2) is 0 Å². The van der Waals surface area contributed by atoms with E-state index in [-0.39, 0.29) is 17.6 Å². The van der Waals surface area contributed by atoms with Gasteiger partial charge in [0.1, 0.15) is 6.04 Å². The number of carbonyl (C=O) groups is 2. The van der Waals surface area contributed by atoms with Crippen LogP contribution in [-0.4, -0.2) is 35.6 Å². The van der Waals surface area contributed by atoms with Crippen LogP contribution in [0.4, 0.5) is 0 Å². The predicted octanol–water partition coefficient (Wildman–Crippen LogP) is 4.93. The highest BCUT2D eigenvalue weighted by Crippen LogP contribution is 2.21. The lowest BCUT2D eigenvalue weighted by Gasteiger charge is -2.31. The van der Waals surface area contributed by atoms with E-state index in [4.69, 9.17) is 0 Å². The molecule has 0 aliphatic rings. The maximum Gasteiger partial charge on any atom is 0.242 e. The molecule has 6 heteroatoms. The molecule has 0 aromatic heterocycles. The smallest absolute Gasteiger partial charge is 0.242 e. The van der Waals surface area contributed by atoms with Crippen LogP contribution in [-0.2, 0) is 22.6 Å². The Morgan fingerprint density at radius 3 is 2.13 bits per heavy atom.